The third-order valence-corrected chi connectivity index (χ3v) is 10.1. The first-order valence-corrected chi connectivity index (χ1v) is 16.4. The van der Waals surface area contributed by atoms with Crippen LogP contribution in [0.1, 0.15) is 102 Å². The molecule has 0 amide bonds. The van der Waals surface area contributed by atoms with E-state index in [4.69, 9.17) is 4.98 Å². The molecule has 3 heteroatoms. The number of benzene rings is 4. The van der Waals surface area contributed by atoms with E-state index >= 15 is 4.39 Å². The molecule has 6 aromatic rings. The van der Waals surface area contributed by atoms with Crippen LogP contribution >= 0.6 is 11.3 Å². The molecule has 0 aliphatic rings. The average molecular weight is 588 g/mol. The number of pyridine rings is 1. The van der Waals surface area contributed by atoms with Crippen LogP contribution in [0.5, 0.6) is 0 Å². The smallest absolute Gasteiger partial charge is 0.148 e. The first-order valence-electron chi connectivity index (χ1n) is 15.6. The van der Waals surface area contributed by atoms with Gasteiger partial charge in [0.1, 0.15) is 5.82 Å². The van der Waals surface area contributed by atoms with Crippen molar-refractivity contribution in [2.45, 2.75) is 85.5 Å². The van der Waals surface area contributed by atoms with Gasteiger partial charge < -0.3 is 0 Å². The van der Waals surface area contributed by atoms with E-state index < -0.39 is 0 Å². The minimum Gasteiger partial charge on any atom is -0.255 e. The molecule has 0 bridgehead atoms. The molecule has 6 rings (SSSR count). The van der Waals surface area contributed by atoms with E-state index in [0.29, 0.717) is 16.2 Å². The van der Waals surface area contributed by atoms with E-state index in [-0.39, 0.29) is 23.1 Å². The standard InChI is InChI=1S/C40H42FNS/c1-22(2)26-19-32(23(3)4)35(33(20-26)24(5)6)31-15-14-29-30-16-17-42-37(39(30)43-38(29)36(31)41)27-18-25-12-10-11-13-28(25)34(21-27)40(7,8)9/h10-24H,1-9H3. The first-order chi connectivity index (χ1) is 20.4. The Morgan fingerprint density at radius 2 is 1.35 bits per heavy atom. The van der Waals surface area contributed by atoms with Crippen LogP contribution in [0.2, 0.25) is 0 Å². The summed E-state index contributed by atoms with van der Waals surface area (Å²) in [4.78, 5) is 4.90. The maximum Gasteiger partial charge on any atom is 0.148 e. The number of hydrogen-bond acceptors (Lipinski definition) is 2. The maximum absolute atomic E-state index is 16.9. The second kappa shape index (κ2) is 10.9. The summed E-state index contributed by atoms with van der Waals surface area (Å²) in [5.74, 6) is 0.854. The first kappa shape index (κ1) is 29.5. The summed E-state index contributed by atoms with van der Waals surface area (Å²) in [6, 6.07) is 23.9. The van der Waals surface area contributed by atoms with Crippen molar-refractivity contribution in [1.82, 2.24) is 4.98 Å². The highest BCUT2D eigenvalue weighted by Crippen LogP contribution is 2.46. The summed E-state index contributed by atoms with van der Waals surface area (Å²) in [6.07, 6.45) is 1.87. The van der Waals surface area contributed by atoms with Crippen LogP contribution in [0.15, 0.2) is 72.9 Å². The molecule has 43 heavy (non-hydrogen) atoms. The summed E-state index contributed by atoms with van der Waals surface area (Å²) in [7, 11) is 0. The fourth-order valence-electron chi connectivity index (χ4n) is 6.47. The molecule has 2 aromatic heterocycles. The average Bonchev–Trinajstić information content (AvgIpc) is 3.35. The highest BCUT2D eigenvalue weighted by atomic mass is 32.1. The third kappa shape index (κ3) is 5.06. The number of halogens is 1. The molecule has 0 spiro atoms. The van der Waals surface area contributed by atoms with Gasteiger partial charge in [0, 0.05) is 28.1 Å². The van der Waals surface area contributed by atoms with Gasteiger partial charge in [0.05, 0.1) is 15.1 Å². The fraction of sp³-hybridized carbons (Fsp3) is 0.325. The van der Waals surface area contributed by atoms with Crippen LogP contribution in [0.4, 0.5) is 4.39 Å². The van der Waals surface area contributed by atoms with Crippen molar-refractivity contribution in [3.63, 3.8) is 0 Å². The molecule has 0 fully saturated rings. The predicted octanol–water partition coefficient (Wildman–Crippen LogP) is 12.7. The van der Waals surface area contributed by atoms with Crippen LogP contribution in [0, 0.1) is 5.82 Å². The summed E-state index contributed by atoms with van der Waals surface area (Å²) in [5, 5.41) is 4.48. The second-order valence-electron chi connectivity index (χ2n) is 14.0. The molecule has 0 atom stereocenters. The van der Waals surface area contributed by atoms with Gasteiger partial charge in [-0.25, -0.2) is 4.39 Å². The van der Waals surface area contributed by atoms with Crippen LogP contribution in [0.3, 0.4) is 0 Å². The topological polar surface area (TPSA) is 12.9 Å². The van der Waals surface area contributed by atoms with Gasteiger partial charge in [-0.2, -0.15) is 0 Å². The zero-order chi connectivity index (χ0) is 30.8. The lowest BCUT2D eigenvalue weighted by molar-refractivity contribution is 0.596. The van der Waals surface area contributed by atoms with E-state index in [0.717, 1.165) is 32.3 Å². The van der Waals surface area contributed by atoms with Gasteiger partial charge in [-0.1, -0.05) is 111 Å². The molecule has 0 aliphatic heterocycles. The van der Waals surface area contributed by atoms with Gasteiger partial charge in [0.25, 0.3) is 0 Å². The summed E-state index contributed by atoms with van der Waals surface area (Å²) >= 11 is 1.54. The lowest BCUT2D eigenvalue weighted by Crippen LogP contribution is -2.12. The molecule has 1 nitrogen and oxygen atoms in total. The fourth-order valence-corrected chi connectivity index (χ4v) is 7.71. The molecular weight excluding hydrogens is 546 g/mol. The number of fused-ring (bicyclic) bond motifs is 4. The van der Waals surface area contributed by atoms with Crippen molar-refractivity contribution in [3.05, 3.63) is 101 Å². The van der Waals surface area contributed by atoms with Gasteiger partial charge in [0.2, 0.25) is 0 Å². The van der Waals surface area contributed by atoms with Gasteiger partial charge in [-0.15, -0.1) is 11.3 Å². The summed E-state index contributed by atoms with van der Waals surface area (Å²) in [6.45, 7) is 20.1. The SMILES string of the molecule is CC(C)c1cc(C(C)C)c(-c2ccc3c(sc4c(-c5cc(C(C)(C)C)c6ccccc6c5)nccc43)c2F)c(C(C)C)c1. The Morgan fingerprint density at radius 1 is 0.698 bits per heavy atom. The quantitative estimate of drug-likeness (QED) is 0.195. The highest BCUT2D eigenvalue weighted by Gasteiger charge is 2.24. The minimum atomic E-state index is -0.125. The van der Waals surface area contributed by atoms with Crippen molar-refractivity contribution in [3.8, 4) is 22.4 Å². The van der Waals surface area contributed by atoms with E-state index in [1.807, 2.05) is 18.3 Å². The van der Waals surface area contributed by atoms with Crippen molar-refractivity contribution >= 4 is 42.3 Å². The molecule has 220 valence electrons. The molecule has 0 radical (unpaired) electrons. The third-order valence-electron chi connectivity index (χ3n) is 8.84. The lowest BCUT2D eigenvalue weighted by Gasteiger charge is -2.23. The molecule has 0 aliphatic carbocycles. The molecule has 0 N–H and O–H groups in total. The minimum absolute atomic E-state index is 0.0297. The summed E-state index contributed by atoms with van der Waals surface area (Å²) in [5.41, 5.74) is 8.80. The van der Waals surface area contributed by atoms with Crippen molar-refractivity contribution in [2.24, 2.45) is 0 Å². The predicted molar refractivity (Wildman–Crippen MR) is 186 cm³/mol. The molecule has 0 saturated carbocycles. The van der Waals surface area contributed by atoms with Crippen LogP contribution in [0.25, 0.3) is 53.3 Å². The lowest BCUT2D eigenvalue weighted by atomic mass is 9.81. The number of rotatable bonds is 5. The number of thiophene rings is 1. The molecule has 0 unspecified atom stereocenters. The van der Waals surface area contributed by atoms with Crippen LogP contribution < -0.4 is 0 Å². The summed E-state index contributed by atoms with van der Waals surface area (Å²) < 4.78 is 18.6. The van der Waals surface area contributed by atoms with E-state index in [2.05, 4.69) is 117 Å². The van der Waals surface area contributed by atoms with E-state index in [9.17, 15) is 0 Å². The molecule has 4 aromatic carbocycles. The highest BCUT2D eigenvalue weighted by molar-refractivity contribution is 7.26. The van der Waals surface area contributed by atoms with Gasteiger partial charge >= 0.3 is 0 Å². The Morgan fingerprint density at radius 3 is 1.98 bits per heavy atom. The normalized spacial score (nSPS) is 12.6. The molecule has 2 heterocycles. The van der Waals surface area contributed by atoms with Crippen molar-refractivity contribution < 1.29 is 4.39 Å². The van der Waals surface area contributed by atoms with E-state index in [1.54, 1.807) is 0 Å². The zero-order valence-corrected chi connectivity index (χ0v) is 27.7. The van der Waals surface area contributed by atoms with Crippen LogP contribution in [-0.2, 0) is 5.41 Å². The Bertz CT molecular complexity index is 1970. The molecule has 0 saturated heterocycles. The number of nitrogens with zero attached hydrogens (tertiary/aromatic N) is 1. The Labute approximate surface area is 259 Å². The molecular formula is C40H42FNS. The van der Waals surface area contributed by atoms with Crippen molar-refractivity contribution in [1.29, 1.82) is 0 Å². The second-order valence-corrected chi connectivity index (χ2v) is 15.0. The Hall–Kier alpha value is -3.56. The number of aromatic nitrogens is 1. The Balaban J connectivity index is 1.62. The largest absolute Gasteiger partial charge is 0.255 e. The monoisotopic (exact) mass is 587 g/mol. The van der Waals surface area contributed by atoms with Crippen molar-refractivity contribution in [2.75, 3.05) is 0 Å². The number of hydrogen-bond donors (Lipinski definition) is 0. The van der Waals surface area contributed by atoms with Crippen LogP contribution in [-0.4, -0.2) is 4.98 Å². The Kier molecular flexibility index (Phi) is 7.45. The van der Waals surface area contributed by atoms with E-state index in [1.165, 1.54) is 44.4 Å². The zero-order valence-electron chi connectivity index (χ0n) is 26.9. The van der Waals surface area contributed by atoms with Gasteiger partial charge in [-0.05, 0) is 80.0 Å². The van der Waals surface area contributed by atoms with Gasteiger partial charge in [-0.3, -0.25) is 4.98 Å². The van der Waals surface area contributed by atoms with Gasteiger partial charge in [0.15, 0.2) is 0 Å². The maximum atomic E-state index is 16.9.